The molecule has 1 spiro atoms. The third-order valence-electron chi connectivity index (χ3n) is 4.30. The Balaban J connectivity index is 1.69. The lowest BCUT2D eigenvalue weighted by Crippen LogP contribution is -2.49. The molecule has 0 aromatic heterocycles. The number of carbonyl (C=O) groups excluding carboxylic acids is 1. The van der Waals surface area contributed by atoms with Crippen molar-refractivity contribution in [2.45, 2.75) is 30.9 Å². The molecule has 0 unspecified atom stereocenters. The van der Waals surface area contributed by atoms with E-state index in [4.69, 9.17) is 25.8 Å². The van der Waals surface area contributed by atoms with Crippen molar-refractivity contribution >= 4 is 17.5 Å². The minimum absolute atomic E-state index is 0.0864. The Kier molecular flexibility index (Phi) is 4.57. The van der Waals surface area contributed by atoms with E-state index in [1.165, 1.54) is 7.11 Å². The van der Waals surface area contributed by atoms with Crippen LogP contribution in [0, 0.1) is 0 Å². The normalized spacial score (nSPS) is 27.8. The van der Waals surface area contributed by atoms with E-state index in [0.717, 1.165) is 25.9 Å². The van der Waals surface area contributed by atoms with E-state index < -0.39 is 0 Å². The van der Waals surface area contributed by atoms with Crippen LogP contribution in [0.25, 0.3) is 0 Å². The molecular weight excluding hydrogens is 306 g/mol. The Morgan fingerprint density at radius 2 is 2.32 bits per heavy atom. The van der Waals surface area contributed by atoms with Gasteiger partial charge in [-0.05, 0) is 31.0 Å². The van der Waals surface area contributed by atoms with Crippen molar-refractivity contribution in [1.29, 1.82) is 0 Å². The van der Waals surface area contributed by atoms with Gasteiger partial charge >= 0.3 is 0 Å². The van der Waals surface area contributed by atoms with Gasteiger partial charge in [0.05, 0.1) is 24.9 Å². The van der Waals surface area contributed by atoms with Crippen LogP contribution < -0.4 is 10.1 Å². The number of halogens is 1. The molecule has 1 N–H and O–H groups in total. The van der Waals surface area contributed by atoms with Gasteiger partial charge in [-0.1, -0.05) is 11.6 Å². The molecule has 0 aliphatic carbocycles. The second-order valence-electron chi connectivity index (χ2n) is 5.84. The smallest absolute Gasteiger partial charge is 0.255 e. The summed E-state index contributed by atoms with van der Waals surface area (Å²) in [6.45, 7) is 1.99. The molecule has 1 aromatic carbocycles. The summed E-state index contributed by atoms with van der Waals surface area (Å²) in [6.07, 6.45) is 2.49. The van der Waals surface area contributed by atoms with E-state index in [0.29, 0.717) is 29.5 Å². The molecule has 0 bridgehead atoms. The molecule has 120 valence electrons. The summed E-state index contributed by atoms with van der Waals surface area (Å²) in [5.74, 6) is 0.338. The van der Waals surface area contributed by atoms with Gasteiger partial charge in [0.2, 0.25) is 0 Å². The van der Waals surface area contributed by atoms with Crippen molar-refractivity contribution in [3.05, 3.63) is 28.8 Å². The van der Waals surface area contributed by atoms with Crippen LogP contribution >= 0.6 is 11.6 Å². The lowest BCUT2D eigenvalue weighted by molar-refractivity contribution is -0.0881. The van der Waals surface area contributed by atoms with Crippen molar-refractivity contribution in [3.63, 3.8) is 0 Å². The number of methoxy groups -OCH3 is 1. The van der Waals surface area contributed by atoms with Gasteiger partial charge in [0.15, 0.2) is 0 Å². The van der Waals surface area contributed by atoms with E-state index in [-0.39, 0.29) is 17.6 Å². The first-order valence-corrected chi connectivity index (χ1v) is 7.86. The van der Waals surface area contributed by atoms with Crippen LogP contribution in [0.2, 0.25) is 5.02 Å². The van der Waals surface area contributed by atoms with Crippen LogP contribution in [0.1, 0.15) is 29.6 Å². The van der Waals surface area contributed by atoms with Gasteiger partial charge in [-0.15, -0.1) is 0 Å². The molecule has 1 amide bonds. The van der Waals surface area contributed by atoms with Crippen LogP contribution in [-0.2, 0) is 9.47 Å². The van der Waals surface area contributed by atoms with Crippen molar-refractivity contribution < 1.29 is 19.0 Å². The van der Waals surface area contributed by atoms with E-state index in [2.05, 4.69) is 5.32 Å². The summed E-state index contributed by atoms with van der Waals surface area (Å²) in [5, 5.41) is 3.63. The molecule has 2 saturated heterocycles. The highest BCUT2D eigenvalue weighted by molar-refractivity contribution is 6.30. The zero-order chi connectivity index (χ0) is 15.6. The van der Waals surface area contributed by atoms with Crippen LogP contribution in [0.3, 0.4) is 0 Å². The summed E-state index contributed by atoms with van der Waals surface area (Å²) in [4.78, 5) is 12.5. The highest BCUT2D eigenvalue weighted by atomic mass is 35.5. The van der Waals surface area contributed by atoms with Gasteiger partial charge < -0.3 is 19.5 Å². The lowest BCUT2D eigenvalue weighted by atomic mass is 9.89. The summed E-state index contributed by atoms with van der Waals surface area (Å²) < 4.78 is 16.6. The summed E-state index contributed by atoms with van der Waals surface area (Å²) in [5.41, 5.74) is 0.274. The van der Waals surface area contributed by atoms with Gasteiger partial charge in [0, 0.05) is 30.7 Å². The predicted octanol–water partition coefficient (Wildman–Crippen LogP) is 2.42. The summed E-state index contributed by atoms with van der Waals surface area (Å²) in [6, 6.07) is 5.11. The fourth-order valence-corrected chi connectivity index (χ4v) is 3.29. The SMILES string of the molecule is COc1cc(Cl)ccc1C(=O)N[C@H]1CCO[C@]2(CCOC2)C1. The average molecular weight is 326 g/mol. The van der Waals surface area contributed by atoms with Crippen LogP contribution in [0.4, 0.5) is 0 Å². The summed E-state index contributed by atoms with van der Waals surface area (Å²) in [7, 11) is 1.53. The quantitative estimate of drug-likeness (QED) is 0.927. The van der Waals surface area contributed by atoms with Crippen molar-refractivity contribution in [2.75, 3.05) is 26.9 Å². The third-order valence-corrected chi connectivity index (χ3v) is 4.54. The second kappa shape index (κ2) is 6.44. The molecule has 2 aliphatic rings. The maximum absolute atomic E-state index is 12.5. The molecule has 1 aromatic rings. The molecule has 2 atom stereocenters. The number of hydrogen-bond acceptors (Lipinski definition) is 4. The Bertz CT molecular complexity index is 557. The maximum Gasteiger partial charge on any atom is 0.255 e. The Morgan fingerprint density at radius 3 is 3.05 bits per heavy atom. The fraction of sp³-hybridized carbons (Fsp3) is 0.562. The largest absolute Gasteiger partial charge is 0.496 e. The number of hydrogen-bond donors (Lipinski definition) is 1. The monoisotopic (exact) mass is 325 g/mol. The van der Waals surface area contributed by atoms with Crippen molar-refractivity contribution in [3.8, 4) is 5.75 Å². The van der Waals surface area contributed by atoms with Crippen LogP contribution in [0.15, 0.2) is 18.2 Å². The molecule has 3 rings (SSSR count). The molecule has 5 nitrogen and oxygen atoms in total. The van der Waals surface area contributed by atoms with Crippen LogP contribution in [0.5, 0.6) is 5.75 Å². The molecule has 2 heterocycles. The molecular formula is C16H20ClNO4. The fourth-order valence-electron chi connectivity index (χ4n) is 3.13. The van der Waals surface area contributed by atoms with Crippen molar-refractivity contribution in [2.24, 2.45) is 0 Å². The molecule has 2 aliphatic heterocycles. The number of ether oxygens (including phenoxy) is 3. The standard InChI is InChI=1S/C16H20ClNO4/c1-20-14-8-11(17)2-3-13(14)15(19)18-12-4-6-22-16(9-12)5-7-21-10-16/h2-3,8,12H,4-7,9-10H2,1H3,(H,18,19)/t12-,16+/m0/s1. The van der Waals surface area contributed by atoms with Gasteiger partial charge in [0.25, 0.3) is 5.91 Å². The van der Waals surface area contributed by atoms with E-state index in [1.807, 2.05) is 0 Å². The molecule has 0 saturated carbocycles. The Labute approximate surface area is 134 Å². The van der Waals surface area contributed by atoms with Gasteiger partial charge in [-0.2, -0.15) is 0 Å². The Hall–Kier alpha value is -1.30. The number of nitrogens with one attached hydrogen (secondary N) is 1. The summed E-state index contributed by atoms with van der Waals surface area (Å²) >= 11 is 5.93. The van der Waals surface area contributed by atoms with Crippen molar-refractivity contribution in [1.82, 2.24) is 5.32 Å². The van der Waals surface area contributed by atoms with E-state index >= 15 is 0 Å². The lowest BCUT2D eigenvalue weighted by Gasteiger charge is -2.37. The molecule has 22 heavy (non-hydrogen) atoms. The predicted molar refractivity (Wildman–Crippen MR) is 82.6 cm³/mol. The number of benzene rings is 1. The second-order valence-corrected chi connectivity index (χ2v) is 6.28. The first-order chi connectivity index (χ1) is 10.6. The topological polar surface area (TPSA) is 56.8 Å². The van der Waals surface area contributed by atoms with E-state index in [9.17, 15) is 4.79 Å². The van der Waals surface area contributed by atoms with E-state index in [1.54, 1.807) is 18.2 Å². The minimum atomic E-state index is -0.222. The molecule has 6 heteroatoms. The van der Waals surface area contributed by atoms with Gasteiger partial charge in [0.1, 0.15) is 5.75 Å². The Morgan fingerprint density at radius 1 is 1.45 bits per heavy atom. The van der Waals surface area contributed by atoms with Gasteiger partial charge in [-0.3, -0.25) is 4.79 Å². The number of rotatable bonds is 3. The zero-order valence-corrected chi connectivity index (χ0v) is 13.3. The first-order valence-electron chi connectivity index (χ1n) is 7.48. The minimum Gasteiger partial charge on any atom is -0.496 e. The third kappa shape index (κ3) is 3.21. The highest BCUT2D eigenvalue weighted by Crippen LogP contribution is 2.33. The van der Waals surface area contributed by atoms with Gasteiger partial charge in [-0.25, -0.2) is 0 Å². The first kappa shape index (κ1) is 15.6. The number of amides is 1. The molecule has 0 radical (unpaired) electrons. The van der Waals surface area contributed by atoms with Crippen LogP contribution in [-0.4, -0.2) is 44.5 Å². The highest BCUT2D eigenvalue weighted by Gasteiger charge is 2.41. The molecule has 2 fully saturated rings. The maximum atomic E-state index is 12.5. The zero-order valence-electron chi connectivity index (χ0n) is 12.6. The number of carbonyl (C=O) groups is 1. The average Bonchev–Trinajstić information content (AvgIpc) is 2.94.